The van der Waals surface area contributed by atoms with Gasteiger partial charge in [0.05, 0.1) is 0 Å². The first-order valence-corrected chi connectivity index (χ1v) is 11.4. The molecule has 32 heavy (non-hydrogen) atoms. The van der Waals surface area contributed by atoms with Crippen molar-refractivity contribution in [1.82, 2.24) is 5.32 Å². The third kappa shape index (κ3) is 8.24. The van der Waals surface area contributed by atoms with Crippen LogP contribution in [0.25, 0.3) is 0 Å². The lowest BCUT2D eigenvalue weighted by Crippen LogP contribution is -2.38. The van der Waals surface area contributed by atoms with Crippen LogP contribution in [0.4, 0.5) is 0 Å². The van der Waals surface area contributed by atoms with Gasteiger partial charge in [-0.1, -0.05) is 93.8 Å². The van der Waals surface area contributed by atoms with E-state index in [1.54, 1.807) is 0 Å². The van der Waals surface area contributed by atoms with E-state index in [1.807, 2.05) is 42.6 Å². The molecular formula is C29H37N3. The first kappa shape index (κ1) is 25.2. The molecule has 1 aliphatic rings. The molecule has 0 spiro atoms. The van der Waals surface area contributed by atoms with E-state index in [2.05, 4.69) is 69.3 Å². The first-order chi connectivity index (χ1) is 15.4. The van der Waals surface area contributed by atoms with Crippen LogP contribution in [0.15, 0.2) is 108 Å². The van der Waals surface area contributed by atoms with Crippen molar-refractivity contribution in [2.24, 2.45) is 16.8 Å². The average molecular weight is 428 g/mol. The lowest BCUT2D eigenvalue weighted by molar-refractivity contribution is 0.442. The van der Waals surface area contributed by atoms with Gasteiger partial charge in [0, 0.05) is 24.4 Å². The maximum atomic E-state index is 8.42. The van der Waals surface area contributed by atoms with E-state index in [1.165, 1.54) is 0 Å². The van der Waals surface area contributed by atoms with Crippen LogP contribution in [0.3, 0.4) is 0 Å². The monoisotopic (exact) mass is 427 g/mol. The van der Waals surface area contributed by atoms with Crippen LogP contribution < -0.4 is 5.32 Å². The van der Waals surface area contributed by atoms with Gasteiger partial charge >= 0.3 is 0 Å². The summed E-state index contributed by atoms with van der Waals surface area (Å²) in [4.78, 5) is 4.85. The minimum Gasteiger partial charge on any atom is -0.304 e. The molecule has 3 nitrogen and oxygen atoms in total. The zero-order valence-corrected chi connectivity index (χ0v) is 19.6. The quantitative estimate of drug-likeness (QED) is 0.202. The lowest BCUT2D eigenvalue weighted by atomic mass is 9.91. The summed E-state index contributed by atoms with van der Waals surface area (Å²) in [6.45, 7) is 16.7. The van der Waals surface area contributed by atoms with E-state index < -0.39 is 0 Å². The van der Waals surface area contributed by atoms with Gasteiger partial charge in [0.25, 0.3) is 0 Å². The van der Waals surface area contributed by atoms with Crippen LogP contribution in [0, 0.1) is 17.2 Å². The third-order valence-corrected chi connectivity index (χ3v) is 5.53. The van der Waals surface area contributed by atoms with E-state index in [0.717, 1.165) is 41.5 Å². The molecule has 0 heterocycles. The van der Waals surface area contributed by atoms with Gasteiger partial charge in [-0.3, -0.25) is 10.3 Å². The second-order valence-electron chi connectivity index (χ2n) is 8.27. The standard InChI is InChI=1S/C29H37N3/c1-6-8-12-23(4)26-15-17-27(18-16-26)29(31-20-25-13-10-9-11-14-25)32-21-28(30)24(5)19-22(3)7-2/h7-17,20,22,27,29-30,32H,2,4-6,18-19,21H2,1,3H3/b12-8-,30-28?,31-20?/t22-,27?,29+/m0/s1. The van der Waals surface area contributed by atoms with E-state index in [0.29, 0.717) is 18.2 Å². The molecule has 2 N–H and O–H groups in total. The molecule has 0 aromatic heterocycles. The van der Waals surface area contributed by atoms with Crippen LogP contribution in [-0.2, 0) is 0 Å². The van der Waals surface area contributed by atoms with Gasteiger partial charge in [0.2, 0.25) is 0 Å². The number of allylic oxidation sites excluding steroid dienone is 7. The topological polar surface area (TPSA) is 48.2 Å². The largest absolute Gasteiger partial charge is 0.304 e. The van der Waals surface area contributed by atoms with Crippen LogP contribution in [0.2, 0.25) is 0 Å². The molecule has 3 atom stereocenters. The van der Waals surface area contributed by atoms with Crippen molar-refractivity contribution in [2.75, 3.05) is 6.54 Å². The molecule has 0 aliphatic heterocycles. The predicted octanol–water partition coefficient (Wildman–Crippen LogP) is 6.83. The number of nitrogens with one attached hydrogen (secondary N) is 2. The SMILES string of the molecule is C=C[C@H](C)CC(=C)C(=N)CN[C@@H](N=Cc1ccccc1)C1C=CC(C(=C)/C=C\CC)=CC1. The van der Waals surface area contributed by atoms with Gasteiger partial charge in [-0.25, -0.2) is 0 Å². The van der Waals surface area contributed by atoms with E-state index >= 15 is 0 Å². The average Bonchev–Trinajstić information content (AvgIpc) is 2.83. The first-order valence-electron chi connectivity index (χ1n) is 11.4. The Hall–Kier alpha value is -3.04. The van der Waals surface area contributed by atoms with Crippen LogP contribution in [0.1, 0.15) is 38.7 Å². The number of rotatable bonds is 13. The van der Waals surface area contributed by atoms with Crippen molar-refractivity contribution in [3.8, 4) is 0 Å². The molecule has 1 aromatic rings. The van der Waals surface area contributed by atoms with Gasteiger partial charge in [0.1, 0.15) is 6.17 Å². The van der Waals surface area contributed by atoms with Crippen LogP contribution in [-0.4, -0.2) is 24.6 Å². The highest BCUT2D eigenvalue weighted by Crippen LogP contribution is 2.25. The second kappa shape index (κ2) is 13.4. The van der Waals surface area contributed by atoms with E-state index in [9.17, 15) is 0 Å². The zero-order valence-electron chi connectivity index (χ0n) is 19.6. The highest BCUT2D eigenvalue weighted by atomic mass is 15.1. The number of hydrogen-bond acceptors (Lipinski definition) is 3. The molecule has 1 aromatic carbocycles. The maximum absolute atomic E-state index is 8.42. The lowest BCUT2D eigenvalue weighted by Gasteiger charge is -2.25. The van der Waals surface area contributed by atoms with Crippen molar-refractivity contribution in [3.05, 3.63) is 109 Å². The second-order valence-corrected chi connectivity index (χ2v) is 8.27. The highest BCUT2D eigenvalue weighted by molar-refractivity contribution is 5.98. The van der Waals surface area contributed by atoms with Crippen LogP contribution in [0.5, 0.6) is 0 Å². The molecule has 168 valence electrons. The predicted molar refractivity (Wildman–Crippen MR) is 141 cm³/mol. The summed E-state index contributed by atoms with van der Waals surface area (Å²) in [5.41, 5.74) is 4.63. The molecule has 0 fully saturated rings. The molecule has 2 rings (SSSR count). The highest BCUT2D eigenvalue weighted by Gasteiger charge is 2.20. The molecule has 0 bridgehead atoms. The number of benzene rings is 1. The summed E-state index contributed by atoms with van der Waals surface area (Å²) in [7, 11) is 0. The molecule has 0 radical (unpaired) electrons. The fraction of sp³-hybridized carbons (Fsp3) is 0.310. The smallest absolute Gasteiger partial charge is 0.106 e. The molecule has 0 saturated carbocycles. The Bertz CT molecular complexity index is 915. The minimum atomic E-state index is -0.131. The molecular weight excluding hydrogens is 390 g/mol. The molecule has 0 saturated heterocycles. The fourth-order valence-corrected chi connectivity index (χ4v) is 3.41. The summed E-state index contributed by atoms with van der Waals surface area (Å²) in [5.74, 6) is 0.518. The summed E-state index contributed by atoms with van der Waals surface area (Å²) < 4.78 is 0. The summed E-state index contributed by atoms with van der Waals surface area (Å²) in [6.07, 6.45) is 17.1. The Balaban J connectivity index is 2.08. The van der Waals surface area contributed by atoms with Gasteiger partial charge < -0.3 is 5.41 Å². The minimum absolute atomic E-state index is 0.131. The summed E-state index contributed by atoms with van der Waals surface area (Å²) >= 11 is 0. The van der Waals surface area contributed by atoms with Gasteiger partial charge in [0.15, 0.2) is 0 Å². The van der Waals surface area contributed by atoms with E-state index in [-0.39, 0.29) is 12.1 Å². The van der Waals surface area contributed by atoms with Gasteiger partial charge in [-0.05, 0) is 47.5 Å². The van der Waals surface area contributed by atoms with Crippen molar-refractivity contribution in [1.29, 1.82) is 5.41 Å². The zero-order chi connectivity index (χ0) is 23.3. The van der Waals surface area contributed by atoms with Crippen molar-refractivity contribution in [2.45, 2.75) is 39.3 Å². The molecule has 1 aliphatic carbocycles. The summed E-state index contributed by atoms with van der Waals surface area (Å²) in [6, 6.07) is 10.1. The van der Waals surface area contributed by atoms with Crippen molar-refractivity contribution in [3.63, 3.8) is 0 Å². The van der Waals surface area contributed by atoms with E-state index in [4.69, 9.17) is 10.4 Å². The summed E-state index contributed by atoms with van der Waals surface area (Å²) in [5, 5.41) is 11.9. The van der Waals surface area contributed by atoms with Gasteiger partial charge in [-0.15, -0.1) is 6.58 Å². The van der Waals surface area contributed by atoms with Gasteiger partial charge in [-0.2, -0.15) is 0 Å². The van der Waals surface area contributed by atoms with Crippen molar-refractivity contribution >= 4 is 11.9 Å². The molecule has 3 heteroatoms. The Labute approximate surface area is 194 Å². The normalized spacial score (nSPS) is 17.8. The Morgan fingerprint density at radius 1 is 1.28 bits per heavy atom. The Kier molecular flexibility index (Phi) is 10.6. The number of nitrogens with zero attached hydrogens (tertiary/aromatic N) is 1. The van der Waals surface area contributed by atoms with Crippen molar-refractivity contribution < 1.29 is 0 Å². The Morgan fingerprint density at radius 2 is 2.03 bits per heavy atom. The third-order valence-electron chi connectivity index (χ3n) is 5.53. The maximum Gasteiger partial charge on any atom is 0.106 e. The molecule has 1 unspecified atom stereocenters. The van der Waals surface area contributed by atoms with Crippen LogP contribution >= 0.6 is 0 Å². The Morgan fingerprint density at radius 3 is 2.66 bits per heavy atom. The molecule has 0 amide bonds. The number of hydrogen-bond donors (Lipinski definition) is 2. The number of aliphatic imine (C=N–C) groups is 1. The fourth-order valence-electron chi connectivity index (χ4n) is 3.41.